The predicted octanol–water partition coefficient (Wildman–Crippen LogP) is 5.39. The van der Waals surface area contributed by atoms with Crippen molar-refractivity contribution in [2.24, 2.45) is 0 Å². The Labute approximate surface area is 179 Å². The molecule has 0 radical (unpaired) electrons. The fourth-order valence-corrected chi connectivity index (χ4v) is 4.03. The molecular weight excluding hydrogens is 402 g/mol. The van der Waals surface area contributed by atoms with Gasteiger partial charge in [-0.05, 0) is 39.9 Å². The first-order valence-electron chi connectivity index (χ1n) is 9.61. The van der Waals surface area contributed by atoms with Gasteiger partial charge in [0.15, 0.2) is 0 Å². The molecule has 6 heteroatoms. The molecule has 152 valence electrons. The van der Waals surface area contributed by atoms with Crippen LogP contribution in [0.1, 0.15) is 35.1 Å². The highest BCUT2D eigenvalue weighted by molar-refractivity contribution is 6.30. The van der Waals surface area contributed by atoms with Gasteiger partial charge in [0, 0.05) is 10.9 Å². The van der Waals surface area contributed by atoms with Crippen molar-refractivity contribution in [3.63, 3.8) is 0 Å². The molecule has 0 fully saturated rings. The molecule has 1 aliphatic carbocycles. The zero-order valence-corrected chi connectivity index (χ0v) is 16.8. The molecular formula is C24H20ClNO4. The number of hydrogen-bond acceptors (Lipinski definition) is 3. The third-order valence-corrected chi connectivity index (χ3v) is 5.54. The van der Waals surface area contributed by atoms with Gasteiger partial charge in [0.2, 0.25) is 0 Å². The number of carbonyl (C=O) groups is 2. The molecule has 2 N–H and O–H groups in total. The summed E-state index contributed by atoms with van der Waals surface area (Å²) in [5, 5.41) is 12.4. The number of benzene rings is 3. The number of hydrogen-bond donors (Lipinski definition) is 2. The largest absolute Gasteiger partial charge is 0.481 e. The Kier molecular flexibility index (Phi) is 5.72. The minimum Gasteiger partial charge on any atom is -0.481 e. The Morgan fingerprint density at radius 1 is 0.933 bits per heavy atom. The maximum absolute atomic E-state index is 12.5. The Bertz CT molecular complexity index is 1040. The van der Waals surface area contributed by atoms with Gasteiger partial charge in [-0.1, -0.05) is 72.3 Å². The molecule has 3 aromatic carbocycles. The SMILES string of the molecule is O=C(O)CC(NC(=O)OCC1c2ccccc2-c2ccccc21)c1ccc(Cl)cc1. The first-order valence-corrected chi connectivity index (χ1v) is 9.99. The van der Waals surface area contributed by atoms with E-state index in [2.05, 4.69) is 17.4 Å². The highest BCUT2D eigenvalue weighted by Crippen LogP contribution is 2.44. The molecule has 1 amide bonds. The van der Waals surface area contributed by atoms with Crippen LogP contribution in [0.5, 0.6) is 0 Å². The molecule has 0 saturated carbocycles. The highest BCUT2D eigenvalue weighted by Gasteiger charge is 2.29. The van der Waals surface area contributed by atoms with Crippen molar-refractivity contribution in [3.05, 3.63) is 94.5 Å². The molecule has 0 bridgehead atoms. The van der Waals surface area contributed by atoms with E-state index in [0.29, 0.717) is 10.6 Å². The van der Waals surface area contributed by atoms with E-state index in [1.807, 2.05) is 36.4 Å². The molecule has 0 aromatic heterocycles. The maximum Gasteiger partial charge on any atom is 0.407 e. The molecule has 0 saturated heterocycles. The maximum atomic E-state index is 12.5. The molecule has 1 atom stereocenters. The van der Waals surface area contributed by atoms with Gasteiger partial charge in [0.25, 0.3) is 0 Å². The second-order valence-corrected chi connectivity index (χ2v) is 7.61. The van der Waals surface area contributed by atoms with Crippen molar-refractivity contribution in [3.8, 4) is 11.1 Å². The summed E-state index contributed by atoms with van der Waals surface area (Å²) in [5.41, 5.74) is 5.17. The topological polar surface area (TPSA) is 75.6 Å². The number of carbonyl (C=O) groups excluding carboxylic acids is 1. The minimum atomic E-state index is -1.02. The summed E-state index contributed by atoms with van der Waals surface area (Å²) in [6.07, 6.45) is -0.913. The van der Waals surface area contributed by atoms with Gasteiger partial charge < -0.3 is 15.2 Å². The van der Waals surface area contributed by atoms with E-state index >= 15 is 0 Å². The number of amides is 1. The van der Waals surface area contributed by atoms with E-state index in [1.165, 1.54) is 0 Å². The summed E-state index contributed by atoms with van der Waals surface area (Å²) in [6.45, 7) is 0.167. The molecule has 0 spiro atoms. The number of ether oxygens (including phenoxy) is 1. The molecule has 30 heavy (non-hydrogen) atoms. The lowest BCUT2D eigenvalue weighted by atomic mass is 9.98. The number of carboxylic acids is 1. The van der Waals surface area contributed by atoms with Crippen molar-refractivity contribution >= 4 is 23.7 Å². The minimum absolute atomic E-state index is 0.0587. The molecule has 3 aromatic rings. The Hall–Kier alpha value is -3.31. The molecule has 0 heterocycles. The fourth-order valence-electron chi connectivity index (χ4n) is 3.90. The average molecular weight is 422 g/mol. The fraction of sp³-hybridized carbons (Fsp3) is 0.167. The van der Waals surface area contributed by atoms with Gasteiger partial charge in [-0.3, -0.25) is 4.79 Å². The van der Waals surface area contributed by atoms with Gasteiger partial charge in [-0.15, -0.1) is 0 Å². The summed E-state index contributed by atoms with van der Waals surface area (Å²) in [4.78, 5) is 23.8. The first-order chi connectivity index (χ1) is 14.5. The van der Waals surface area contributed by atoms with Crippen LogP contribution in [-0.2, 0) is 9.53 Å². The molecule has 5 nitrogen and oxygen atoms in total. The first kappa shape index (κ1) is 20.0. The van der Waals surface area contributed by atoms with Crippen LogP contribution in [0.4, 0.5) is 4.79 Å². The zero-order chi connectivity index (χ0) is 21.1. The number of fused-ring (bicyclic) bond motifs is 3. The molecule has 4 rings (SSSR count). The van der Waals surface area contributed by atoms with E-state index in [9.17, 15) is 14.7 Å². The summed E-state index contributed by atoms with van der Waals surface area (Å²) < 4.78 is 5.53. The molecule has 1 aliphatic rings. The Balaban J connectivity index is 1.47. The van der Waals surface area contributed by atoms with Crippen LogP contribution < -0.4 is 5.32 Å². The number of halogens is 1. The normalized spacial score (nSPS) is 13.2. The van der Waals surface area contributed by atoms with E-state index in [1.54, 1.807) is 24.3 Å². The van der Waals surface area contributed by atoms with E-state index in [4.69, 9.17) is 16.3 Å². The summed E-state index contributed by atoms with van der Waals surface area (Å²) in [7, 11) is 0. The predicted molar refractivity (Wildman–Crippen MR) is 115 cm³/mol. The van der Waals surface area contributed by atoms with Crippen molar-refractivity contribution in [2.45, 2.75) is 18.4 Å². The van der Waals surface area contributed by atoms with Crippen molar-refractivity contribution in [2.75, 3.05) is 6.61 Å². The highest BCUT2D eigenvalue weighted by atomic mass is 35.5. The zero-order valence-electron chi connectivity index (χ0n) is 16.0. The van der Waals surface area contributed by atoms with Crippen LogP contribution in [-0.4, -0.2) is 23.8 Å². The number of aliphatic carboxylic acids is 1. The van der Waals surface area contributed by atoms with Gasteiger partial charge in [0.1, 0.15) is 6.61 Å². The standard InChI is InChI=1S/C24H20ClNO4/c25-16-11-9-15(10-12-16)22(13-23(27)28)26-24(29)30-14-21-19-7-3-1-5-17(19)18-6-2-4-8-20(18)21/h1-12,21-22H,13-14H2,(H,26,29)(H,27,28). The van der Waals surface area contributed by atoms with Crippen LogP contribution in [0.3, 0.4) is 0 Å². The lowest BCUT2D eigenvalue weighted by Gasteiger charge is -2.19. The summed E-state index contributed by atoms with van der Waals surface area (Å²) >= 11 is 5.90. The molecule has 1 unspecified atom stereocenters. The van der Waals surface area contributed by atoms with Crippen LogP contribution in [0, 0.1) is 0 Å². The lowest BCUT2D eigenvalue weighted by Crippen LogP contribution is -2.31. The monoisotopic (exact) mass is 421 g/mol. The number of alkyl carbamates (subject to hydrolysis) is 1. The van der Waals surface area contributed by atoms with Crippen LogP contribution >= 0.6 is 11.6 Å². The third-order valence-electron chi connectivity index (χ3n) is 5.29. The Morgan fingerprint density at radius 3 is 2.07 bits per heavy atom. The van der Waals surface area contributed by atoms with E-state index in [0.717, 1.165) is 22.3 Å². The Morgan fingerprint density at radius 2 is 1.50 bits per heavy atom. The van der Waals surface area contributed by atoms with E-state index in [-0.39, 0.29) is 18.9 Å². The number of rotatable bonds is 6. The summed E-state index contributed by atoms with van der Waals surface area (Å²) in [5.74, 6) is -1.08. The second-order valence-electron chi connectivity index (χ2n) is 7.17. The van der Waals surface area contributed by atoms with Gasteiger partial charge in [-0.25, -0.2) is 4.79 Å². The van der Waals surface area contributed by atoms with Crippen molar-refractivity contribution in [1.82, 2.24) is 5.32 Å². The van der Waals surface area contributed by atoms with Crippen molar-refractivity contribution < 1.29 is 19.4 Å². The number of nitrogens with one attached hydrogen (secondary N) is 1. The van der Waals surface area contributed by atoms with Crippen LogP contribution in [0.25, 0.3) is 11.1 Å². The van der Waals surface area contributed by atoms with E-state index < -0.39 is 18.1 Å². The average Bonchev–Trinajstić information content (AvgIpc) is 3.06. The quantitative estimate of drug-likeness (QED) is 0.559. The smallest absolute Gasteiger partial charge is 0.407 e. The van der Waals surface area contributed by atoms with Crippen LogP contribution in [0.15, 0.2) is 72.8 Å². The van der Waals surface area contributed by atoms with Crippen LogP contribution in [0.2, 0.25) is 5.02 Å². The lowest BCUT2D eigenvalue weighted by molar-refractivity contribution is -0.137. The third kappa shape index (κ3) is 4.16. The van der Waals surface area contributed by atoms with Gasteiger partial charge >= 0.3 is 12.1 Å². The second kappa shape index (κ2) is 8.59. The van der Waals surface area contributed by atoms with Gasteiger partial charge in [0.05, 0.1) is 12.5 Å². The molecule has 0 aliphatic heterocycles. The van der Waals surface area contributed by atoms with Crippen molar-refractivity contribution in [1.29, 1.82) is 0 Å². The van der Waals surface area contributed by atoms with Gasteiger partial charge in [-0.2, -0.15) is 0 Å². The summed E-state index contributed by atoms with van der Waals surface area (Å²) in [6, 6.07) is 22.1. The number of carboxylic acid groups (broad SMARTS) is 1.